The molecule has 0 radical (unpaired) electrons. The van der Waals surface area contributed by atoms with Gasteiger partial charge in [-0.05, 0) is 24.4 Å². The van der Waals surface area contributed by atoms with Gasteiger partial charge in [-0.3, -0.25) is 9.59 Å². The van der Waals surface area contributed by atoms with Crippen molar-refractivity contribution in [3.05, 3.63) is 0 Å². The number of rotatable bonds is 7. The topological polar surface area (TPSA) is 43.4 Å². The molecule has 0 spiro atoms. The third-order valence-corrected chi connectivity index (χ3v) is 1.75. The molecule has 0 heterocycles. The van der Waals surface area contributed by atoms with E-state index >= 15 is 0 Å². The van der Waals surface area contributed by atoms with Crippen LogP contribution in [0.5, 0.6) is 0 Å². The third kappa shape index (κ3) is 9.64. The van der Waals surface area contributed by atoms with Gasteiger partial charge in [0.05, 0.1) is 6.61 Å². The minimum atomic E-state index is -0.406. The summed E-state index contributed by atoms with van der Waals surface area (Å²) >= 11 is 10.5. The predicted octanol–water partition coefficient (Wildman–Crippen LogP) is 2.09. The molecule has 3 nitrogen and oxygen atoms in total. The normalized spacial score (nSPS) is 9.69. The van der Waals surface area contributed by atoms with Crippen molar-refractivity contribution in [3.8, 4) is 0 Å². The molecule has 0 N–H and O–H groups in total. The van der Waals surface area contributed by atoms with Gasteiger partial charge in [0.15, 0.2) is 0 Å². The first-order valence-electron chi connectivity index (χ1n) is 4.06. The Labute approximate surface area is 87.3 Å². The summed E-state index contributed by atoms with van der Waals surface area (Å²) in [6, 6.07) is 0. The van der Waals surface area contributed by atoms with Crippen molar-refractivity contribution < 1.29 is 14.3 Å². The standard InChI is InChI=1S/C8H12Cl2O3/c9-5-1-4-8(12)13-6-2-3-7(10)11/h1-6H2. The summed E-state index contributed by atoms with van der Waals surface area (Å²) in [5, 5.41) is -0.406. The molecule has 0 unspecified atom stereocenters. The van der Waals surface area contributed by atoms with E-state index in [1.165, 1.54) is 0 Å². The van der Waals surface area contributed by atoms with Gasteiger partial charge in [-0.25, -0.2) is 0 Å². The third-order valence-electron chi connectivity index (χ3n) is 1.30. The highest BCUT2D eigenvalue weighted by atomic mass is 35.5. The Morgan fingerprint density at radius 2 is 1.85 bits per heavy atom. The predicted molar refractivity (Wildman–Crippen MR) is 51.0 cm³/mol. The van der Waals surface area contributed by atoms with Crippen molar-refractivity contribution in [2.24, 2.45) is 0 Å². The molecular formula is C8H12Cl2O3. The lowest BCUT2D eigenvalue weighted by Crippen LogP contribution is -2.06. The molecule has 13 heavy (non-hydrogen) atoms. The molecule has 0 saturated heterocycles. The van der Waals surface area contributed by atoms with E-state index in [-0.39, 0.29) is 19.0 Å². The van der Waals surface area contributed by atoms with Gasteiger partial charge in [0, 0.05) is 18.7 Å². The van der Waals surface area contributed by atoms with E-state index < -0.39 is 5.24 Å². The molecule has 0 aliphatic rings. The zero-order valence-corrected chi connectivity index (χ0v) is 8.74. The van der Waals surface area contributed by atoms with Crippen LogP contribution in [0.4, 0.5) is 0 Å². The summed E-state index contributed by atoms with van der Waals surface area (Å²) in [6.07, 6.45) is 1.67. The van der Waals surface area contributed by atoms with Crippen molar-refractivity contribution in [1.29, 1.82) is 0 Å². The minimum absolute atomic E-state index is 0.240. The van der Waals surface area contributed by atoms with Crippen LogP contribution in [0, 0.1) is 0 Å². The van der Waals surface area contributed by atoms with E-state index in [9.17, 15) is 9.59 Å². The Morgan fingerprint density at radius 1 is 1.15 bits per heavy atom. The van der Waals surface area contributed by atoms with Crippen LogP contribution in [-0.4, -0.2) is 23.7 Å². The molecule has 76 valence electrons. The summed E-state index contributed by atoms with van der Waals surface area (Å²) in [4.78, 5) is 21.1. The zero-order valence-electron chi connectivity index (χ0n) is 7.22. The summed E-state index contributed by atoms with van der Waals surface area (Å²) < 4.78 is 4.79. The second-order valence-electron chi connectivity index (χ2n) is 2.47. The molecule has 0 rings (SSSR count). The minimum Gasteiger partial charge on any atom is -0.466 e. The molecule has 0 amide bonds. The average Bonchev–Trinajstić information content (AvgIpc) is 2.08. The molecule has 0 aromatic heterocycles. The molecule has 0 fully saturated rings. The number of carbonyl (C=O) groups excluding carboxylic acids is 2. The highest BCUT2D eigenvalue weighted by molar-refractivity contribution is 6.63. The lowest BCUT2D eigenvalue weighted by atomic mass is 10.3. The first kappa shape index (κ1) is 12.7. The lowest BCUT2D eigenvalue weighted by Gasteiger charge is -2.01. The summed E-state index contributed by atoms with van der Waals surface area (Å²) in [5.41, 5.74) is 0. The molecule has 5 heteroatoms. The van der Waals surface area contributed by atoms with E-state index in [0.717, 1.165) is 0 Å². The molecule has 0 saturated carbocycles. The van der Waals surface area contributed by atoms with E-state index in [2.05, 4.69) is 0 Å². The number of alkyl halides is 1. The molecule has 0 aliphatic carbocycles. The van der Waals surface area contributed by atoms with Gasteiger partial charge >= 0.3 is 5.97 Å². The van der Waals surface area contributed by atoms with Crippen LogP contribution in [-0.2, 0) is 14.3 Å². The maximum atomic E-state index is 10.8. The van der Waals surface area contributed by atoms with Gasteiger partial charge in [0.25, 0.3) is 0 Å². The van der Waals surface area contributed by atoms with E-state index in [0.29, 0.717) is 25.1 Å². The molecule has 0 aliphatic heterocycles. The summed E-state index contributed by atoms with van der Waals surface area (Å²) in [6.45, 7) is 0.250. The van der Waals surface area contributed by atoms with E-state index in [1.807, 2.05) is 0 Å². The summed E-state index contributed by atoms with van der Waals surface area (Å²) in [7, 11) is 0. The first-order valence-corrected chi connectivity index (χ1v) is 4.98. The number of esters is 1. The van der Waals surface area contributed by atoms with Gasteiger partial charge in [-0.1, -0.05) is 0 Å². The number of ether oxygens (including phenoxy) is 1. The maximum Gasteiger partial charge on any atom is 0.305 e. The second kappa shape index (κ2) is 8.32. The number of hydrogen-bond acceptors (Lipinski definition) is 3. The van der Waals surface area contributed by atoms with Gasteiger partial charge in [-0.2, -0.15) is 0 Å². The highest BCUT2D eigenvalue weighted by Gasteiger charge is 2.02. The summed E-state index contributed by atoms with van der Waals surface area (Å²) in [5.74, 6) is 0.178. The Morgan fingerprint density at radius 3 is 2.38 bits per heavy atom. The number of halogens is 2. The average molecular weight is 227 g/mol. The highest BCUT2D eigenvalue weighted by Crippen LogP contribution is 1.98. The quantitative estimate of drug-likeness (QED) is 0.289. The van der Waals surface area contributed by atoms with Gasteiger partial charge in [0.2, 0.25) is 5.24 Å². The van der Waals surface area contributed by atoms with Crippen LogP contribution >= 0.6 is 23.2 Å². The fourth-order valence-electron chi connectivity index (χ4n) is 0.680. The fourth-order valence-corrected chi connectivity index (χ4v) is 0.948. The largest absolute Gasteiger partial charge is 0.466 e. The van der Waals surface area contributed by atoms with Crippen molar-refractivity contribution in [1.82, 2.24) is 0 Å². The number of carbonyl (C=O) groups is 2. The molecule has 0 bridgehead atoms. The smallest absolute Gasteiger partial charge is 0.305 e. The second-order valence-corrected chi connectivity index (χ2v) is 3.27. The van der Waals surface area contributed by atoms with Crippen molar-refractivity contribution in [2.45, 2.75) is 25.7 Å². The zero-order chi connectivity index (χ0) is 10.1. The number of hydrogen-bond donors (Lipinski definition) is 0. The molecular weight excluding hydrogens is 215 g/mol. The molecule has 0 aromatic rings. The SMILES string of the molecule is O=C(Cl)CCCOC(=O)CCCCl. The Balaban J connectivity index is 3.22. The van der Waals surface area contributed by atoms with Crippen LogP contribution in [0.1, 0.15) is 25.7 Å². The fraction of sp³-hybridized carbons (Fsp3) is 0.750. The van der Waals surface area contributed by atoms with Crippen LogP contribution in [0.15, 0.2) is 0 Å². The lowest BCUT2D eigenvalue weighted by molar-refractivity contribution is -0.144. The molecule has 0 aromatic carbocycles. The van der Waals surface area contributed by atoms with Crippen molar-refractivity contribution >= 4 is 34.4 Å². The van der Waals surface area contributed by atoms with E-state index in [4.69, 9.17) is 27.9 Å². The molecule has 0 atom stereocenters. The van der Waals surface area contributed by atoms with Crippen LogP contribution < -0.4 is 0 Å². The van der Waals surface area contributed by atoms with Gasteiger partial charge < -0.3 is 4.74 Å². The first-order chi connectivity index (χ1) is 6.16. The van der Waals surface area contributed by atoms with Gasteiger partial charge in [-0.15, -0.1) is 11.6 Å². The maximum absolute atomic E-state index is 10.8. The van der Waals surface area contributed by atoms with Crippen LogP contribution in [0.3, 0.4) is 0 Å². The van der Waals surface area contributed by atoms with Gasteiger partial charge in [0.1, 0.15) is 0 Å². The van der Waals surface area contributed by atoms with E-state index in [1.54, 1.807) is 0 Å². The van der Waals surface area contributed by atoms with Crippen molar-refractivity contribution in [2.75, 3.05) is 12.5 Å². The van der Waals surface area contributed by atoms with Crippen LogP contribution in [0.25, 0.3) is 0 Å². The Bertz CT molecular complexity index is 171. The Hall–Kier alpha value is -0.280. The monoisotopic (exact) mass is 226 g/mol. The van der Waals surface area contributed by atoms with Crippen LogP contribution in [0.2, 0.25) is 0 Å². The Kier molecular flexibility index (Phi) is 8.14. The van der Waals surface area contributed by atoms with Crippen molar-refractivity contribution in [3.63, 3.8) is 0 Å².